The number of benzene rings is 2. The highest BCUT2D eigenvalue weighted by Crippen LogP contribution is 2.16. The Bertz CT molecular complexity index is 980. The number of carbonyl (C=O) groups excluding carboxylic acids is 2. The van der Waals surface area contributed by atoms with Crippen molar-refractivity contribution in [1.82, 2.24) is 20.2 Å². The number of hydrogen-bond acceptors (Lipinski definition) is 3. The van der Waals surface area contributed by atoms with E-state index in [1.165, 1.54) is 0 Å². The molecule has 0 aliphatic carbocycles. The van der Waals surface area contributed by atoms with Crippen LogP contribution in [0.25, 0.3) is 11.0 Å². The second-order valence-corrected chi connectivity index (χ2v) is 7.27. The molecule has 2 amide bonds. The highest BCUT2D eigenvalue weighted by molar-refractivity contribution is 6.30. The first kappa shape index (κ1) is 19.9. The van der Waals surface area contributed by atoms with E-state index >= 15 is 0 Å². The smallest absolute Gasteiger partial charge is 0.251 e. The van der Waals surface area contributed by atoms with Gasteiger partial charge in [0.1, 0.15) is 12.4 Å². The molecule has 0 atom stereocenters. The van der Waals surface area contributed by atoms with Crippen molar-refractivity contribution in [3.63, 3.8) is 0 Å². The molecule has 0 unspecified atom stereocenters. The van der Waals surface area contributed by atoms with E-state index in [0.29, 0.717) is 23.6 Å². The van der Waals surface area contributed by atoms with E-state index in [4.69, 9.17) is 11.6 Å². The lowest BCUT2D eigenvalue weighted by molar-refractivity contribution is -0.122. The van der Waals surface area contributed by atoms with Crippen LogP contribution in [0.5, 0.6) is 0 Å². The molecule has 7 heteroatoms. The van der Waals surface area contributed by atoms with Crippen LogP contribution in [0.4, 0.5) is 0 Å². The number of aromatic nitrogens is 2. The van der Waals surface area contributed by atoms with Gasteiger partial charge in [0.05, 0.1) is 11.0 Å². The molecule has 2 aromatic carbocycles. The Kier molecular flexibility index (Phi) is 6.31. The molecule has 1 heterocycles. The molecule has 0 bridgehead atoms. The lowest BCUT2D eigenvalue weighted by atomic mass is 10.2. The van der Waals surface area contributed by atoms with E-state index in [2.05, 4.69) is 15.6 Å². The van der Waals surface area contributed by atoms with Gasteiger partial charge in [-0.3, -0.25) is 9.59 Å². The van der Waals surface area contributed by atoms with Gasteiger partial charge >= 0.3 is 0 Å². The zero-order valence-corrected chi connectivity index (χ0v) is 16.7. The zero-order valence-electron chi connectivity index (χ0n) is 15.9. The number of halogens is 1. The van der Waals surface area contributed by atoms with Gasteiger partial charge in [-0.2, -0.15) is 0 Å². The van der Waals surface area contributed by atoms with Crippen molar-refractivity contribution >= 4 is 34.4 Å². The predicted molar refractivity (Wildman–Crippen MR) is 111 cm³/mol. The lowest BCUT2D eigenvalue weighted by Gasteiger charge is -2.12. The van der Waals surface area contributed by atoms with E-state index in [1.54, 1.807) is 24.3 Å². The minimum atomic E-state index is -0.170. The van der Waals surface area contributed by atoms with Crippen LogP contribution in [0.2, 0.25) is 5.02 Å². The van der Waals surface area contributed by atoms with Crippen molar-refractivity contribution in [3.8, 4) is 0 Å². The third-order valence-corrected chi connectivity index (χ3v) is 4.48. The molecule has 3 rings (SSSR count). The topological polar surface area (TPSA) is 76.0 Å². The third kappa shape index (κ3) is 4.89. The van der Waals surface area contributed by atoms with Crippen LogP contribution >= 0.6 is 11.6 Å². The minimum Gasteiger partial charge on any atom is -0.352 e. The Morgan fingerprint density at radius 3 is 2.54 bits per heavy atom. The van der Waals surface area contributed by atoms with Gasteiger partial charge in [0.15, 0.2) is 0 Å². The molecule has 6 nitrogen and oxygen atoms in total. The lowest BCUT2D eigenvalue weighted by Crippen LogP contribution is -2.33. The second-order valence-electron chi connectivity index (χ2n) is 6.84. The van der Waals surface area contributed by atoms with Gasteiger partial charge in [-0.1, -0.05) is 23.7 Å². The number of imidazole rings is 1. The summed E-state index contributed by atoms with van der Waals surface area (Å²) in [7, 11) is 0. The van der Waals surface area contributed by atoms with E-state index in [-0.39, 0.29) is 24.4 Å². The summed E-state index contributed by atoms with van der Waals surface area (Å²) in [5.41, 5.74) is 2.29. The molecule has 2 N–H and O–H groups in total. The molecule has 0 aliphatic rings. The molecule has 0 saturated heterocycles. The Hall–Kier alpha value is -2.86. The molecule has 146 valence electrons. The summed E-state index contributed by atoms with van der Waals surface area (Å²) >= 11 is 5.85. The Labute approximate surface area is 168 Å². The quantitative estimate of drug-likeness (QED) is 0.641. The van der Waals surface area contributed by atoms with Crippen LogP contribution < -0.4 is 10.6 Å². The summed E-state index contributed by atoms with van der Waals surface area (Å²) in [6, 6.07) is 14.5. The Morgan fingerprint density at radius 2 is 1.82 bits per heavy atom. The number of fused-ring (bicyclic) bond motifs is 1. The maximum Gasteiger partial charge on any atom is 0.251 e. The third-order valence-electron chi connectivity index (χ3n) is 4.23. The first-order chi connectivity index (χ1) is 13.4. The minimum absolute atomic E-state index is 0.0652. The van der Waals surface area contributed by atoms with E-state index in [9.17, 15) is 9.59 Å². The Balaban J connectivity index is 1.71. The maximum atomic E-state index is 12.3. The van der Waals surface area contributed by atoms with Gasteiger partial charge in [0, 0.05) is 29.6 Å². The van der Waals surface area contributed by atoms with E-state index < -0.39 is 0 Å². The van der Waals surface area contributed by atoms with Crippen LogP contribution in [0, 0.1) is 0 Å². The fourth-order valence-corrected chi connectivity index (χ4v) is 3.12. The van der Waals surface area contributed by atoms with E-state index in [1.807, 2.05) is 42.7 Å². The fraction of sp³-hybridized carbons (Fsp3) is 0.286. The van der Waals surface area contributed by atoms with Crippen molar-refractivity contribution in [2.75, 3.05) is 6.54 Å². The Morgan fingerprint density at radius 1 is 1.11 bits per heavy atom. The van der Waals surface area contributed by atoms with Crippen LogP contribution in [-0.4, -0.2) is 34.0 Å². The second kappa shape index (κ2) is 8.89. The standard InChI is InChI=1S/C21H23ClN4O2/c1-14(2)24-20(27)13-26-18-6-4-3-5-17(18)25-19(26)11-12-23-21(28)15-7-9-16(22)10-8-15/h3-10,14H,11-13H2,1-2H3,(H,23,28)(H,24,27). The summed E-state index contributed by atoms with van der Waals surface area (Å²) in [5.74, 6) is 0.526. The fourth-order valence-electron chi connectivity index (χ4n) is 3.00. The molecule has 0 aliphatic heterocycles. The summed E-state index contributed by atoms with van der Waals surface area (Å²) in [5, 5.41) is 6.38. The van der Waals surface area contributed by atoms with Crippen LogP contribution in [-0.2, 0) is 17.8 Å². The van der Waals surface area contributed by atoms with Gasteiger partial charge in [0.2, 0.25) is 5.91 Å². The summed E-state index contributed by atoms with van der Waals surface area (Å²) in [6.07, 6.45) is 0.517. The van der Waals surface area contributed by atoms with Gasteiger partial charge in [-0.05, 0) is 50.2 Å². The summed E-state index contributed by atoms with van der Waals surface area (Å²) in [4.78, 5) is 29.2. The number of para-hydroxylation sites is 2. The normalized spacial score (nSPS) is 11.0. The number of rotatable bonds is 7. The van der Waals surface area contributed by atoms with Crippen LogP contribution in [0.1, 0.15) is 30.0 Å². The maximum absolute atomic E-state index is 12.3. The van der Waals surface area contributed by atoms with Gasteiger partial charge in [0.25, 0.3) is 5.91 Å². The molecule has 1 aromatic heterocycles. The van der Waals surface area contributed by atoms with Gasteiger partial charge < -0.3 is 15.2 Å². The molecular weight excluding hydrogens is 376 g/mol. The number of nitrogens with zero attached hydrogens (tertiary/aromatic N) is 2. The van der Waals surface area contributed by atoms with Crippen molar-refractivity contribution in [2.24, 2.45) is 0 Å². The molecule has 0 radical (unpaired) electrons. The number of amides is 2. The van der Waals surface area contributed by atoms with Crippen molar-refractivity contribution in [3.05, 3.63) is 64.9 Å². The van der Waals surface area contributed by atoms with Crippen molar-refractivity contribution < 1.29 is 9.59 Å². The molecule has 0 spiro atoms. The largest absolute Gasteiger partial charge is 0.352 e. The monoisotopic (exact) mass is 398 g/mol. The van der Waals surface area contributed by atoms with E-state index in [0.717, 1.165) is 16.9 Å². The average Bonchev–Trinajstić information content (AvgIpc) is 2.99. The highest BCUT2D eigenvalue weighted by Gasteiger charge is 2.14. The molecule has 0 saturated carbocycles. The first-order valence-corrected chi connectivity index (χ1v) is 9.59. The number of hydrogen-bond donors (Lipinski definition) is 2. The molecular formula is C21H23ClN4O2. The van der Waals surface area contributed by atoms with Gasteiger partial charge in [-0.25, -0.2) is 4.98 Å². The predicted octanol–water partition coefficient (Wildman–Crippen LogP) is 3.19. The molecule has 3 aromatic rings. The summed E-state index contributed by atoms with van der Waals surface area (Å²) in [6.45, 7) is 4.46. The average molecular weight is 399 g/mol. The zero-order chi connectivity index (χ0) is 20.1. The van der Waals surface area contributed by atoms with Crippen LogP contribution in [0.15, 0.2) is 48.5 Å². The number of carbonyl (C=O) groups is 2. The van der Waals surface area contributed by atoms with Gasteiger partial charge in [-0.15, -0.1) is 0 Å². The SMILES string of the molecule is CC(C)NC(=O)Cn1c(CCNC(=O)c2ccc(Cl)cc2)nc2ccccc21. The summed E-state index contributed by atoms with van der Waals surface area (Å²) < 4.78 is 1.90. The van der Waals surface area contributed by atoms with Crippen molar-refractivity contribution in [2.45, 2.75) is 32.9 Å². The number of nitrogens with one attached hydrogen (secondary N) is 2. The molecule has 28 heavy (non-hydrogen) atoms. The highest BCUT2D eigenvalue weighted by atomic mass is 35.5. The molecule has 0 fully saturated rings. The van der Waals surface area contributed by atoms with Crippen LogP contribution in [0.3, 0.4) is 0 Å². The van der Waals surface area contributed by atoms with Crippen molar-refractivity contribution in [1.29, 1.82) is 0 Å². The first-order valence-electron chi connectivity index (χ1n) is 9.21.